The van der Waals surface area contributed by atoms with E-state index in [1.54, 1.807) is 18.2 Å². The summed E-state index contributed by atoms with van der Waals surface area (Å²) in [6, 6.07) is 10.1. The fourth-order valence-corrected chi connectivity index (χ4v) is 4.36. The lowest BCUT2D eigenvalue weighted by Gasteiger charge is -2.14. The molecule has 2 aromatic carbocycles. The smallest absolute Gasteiger partial charge is 0.306 e. The van der Waals surface area contributed by atoms with Gasteiger partial charge < -0.3 is 8.92 Å². The van der Waals surface area contributed by atoms with Crippen LogP contribution in [0.3, 0.4) is 0 Å². The molecule has 0 spiro atoms. The van der Waals surface area contributed by atoms with E-state index in [1.807, 2.05) is 0 Å². The van der Waals surface area contributed by atoms with Crippen LogP contribution in [-0.2, 0) is 14.9 Å². The molecule has 1 amide bonds. The molecule has 0 bridgehead atoms. The first-order valence-electron chi connectivity index (χ1n) is 8.19. The number of rotatable bonds is 6. The molecule has 3 rings (SSSR count). The molecule has 12 heteroatoms. The average molecular weight is 467 g/mol. The first-order valence-corrected chi connectivity index (χ1v) is 11.2. The van der Waals surface area contributed by atoms with Crippen LogP contribution in [-0.4, -0.2) is 36.9 Å². The number of anilines is 1. The van der Waals surface area contributed by atoms with Crippen molar-refractivity contribution in [3.05, 3.63) is 63.0 Å². The molecule has 1 heterocycles. The number of nitro benzene ring substituents is 1. The van der Waals surface area contributed by atoms with Crippen molar-refractivity contribution in [3.63, 3.8) is 0 Å². The van der Waals surface area contributed by atoms with Gasteiger partial charge in [0.15, 0.2) is 15.8 Å². The van der Waals surface area contributed by atoms with Crippen LogP contribution in [0.2, 0.25) is 0 Å². The highest BCUT2D eigenvalue weighted by atomic mass is 32.2. The summed E-state index contributed by atoms with van der Waals surface area (Å²) in [7, 11) is -2.38. The molecular formula is C18H14N2O7S3. The zero-order valence-electron chi connectivity index (χ0n) is 15.6. The Hall–Kier alpha value is -2.96. The molecule has 156 valence electrons. The fraction of sp³-hybridized carbons (Fsp3) is 0.111. The quantitative estimate of drug-likeness (QED) is 0.208. The number of nitro groups is 1. The van der Waals surface area contributed by atoms with Gasteiger partial charge in [0, 0.05) is 12.1 Å². The second-order valence-corrected chi connectivity index (χ2v) is 9.24. The Labute approximate surface area is 181 Å². The Balaban J connectivity index is 1.92. The van der Waals surface area contributed by atoms with E-state index in [2.05, 4.69) is 0 Å². The monoisotopic (exact) mass is 466 g/mol. The Morgan fingerprint density at radius 2 is 1.93 bits per heavy atom. The number of thioether (sulfide) groups is 1. The minimum atomic E-state index is -3.73. The number of amides is 1. The van der Waals surface area contributed by atoms with Crippen LogP contribution < -0.4 is 13.8 Å². The van der Waals surface area contributed by atoms with Crippen molar-refractivity contribution in [2.24, 2.45) is 0 Å². The third-order valence-corrected chi connectivity index (χ3v) is 5.60. The lowest BCUT2D eigenvalue weighted by atomic mass is 10.2. The number of non-ortho nitro benzene ring substituents is 1. The van der Waals surface area contributed by atoms with E-state index in [0.29, 0.717) is 16.2 Å². The molecule has 1 aliphatic heterocycles. The van der Waals surface area contributed by atoms with E-state index in [9.17, 15) is 23.3 Å². The Bertz CT molecular complexity index is 1190. The number of carbonyl (C=O) groups excluding carboxylic acids is 1. The summed E-state index contributed by atoms with van der Waals surface area (Å²) in [5, 5.41) is 11.0. The highest BCUT2D eigenvalue weighted by Crippen LogP contribution is 2.38. The van der Waals surface area contributed by atoms with Gasteiger partial charge in [-0.3, -0.25) is 19.8 Å². The number of carbonyl (C=O) groups is 1. The lowest BCUT2D eigenvalue weighted by Crippen LogP contribution is -2.27. The second kappa shape index (κ2) is 8.42. The van der Waals surface area contributed by atoms with Gasteiger partial charge in [-0.2, -0.15) is 8.42 Å². The van der Waals surface area contributed by atoms with Gasteiger partial charge in [-0.25, -0.2) is 0 Å². The van der Waals surface area contributed by atoms with Gasteiger partial charge in [0.2, 0.25) is 0 Å². The molecule has 1 fully saturated rings. The van der Waals surface area contributed by atoms with Crippen LogP contribution in [0.5, 0.6) is 11.5 Å². The van der Waals surface area contributed by atoms with Crippen molar-refractivity contribution in [2.45, 2.75) is 0 Å². The number of benzene rings is 2. The summed E-state index contributed by atoms with van der Waals surface area (Å²) in [6.45, 7) is 0. The Morgan fingerprint density at radius 3 is 2.57 bits per heavy atom. The first-order chi connectivity index (χ1) is 14.1. The molecule has 30 heavy (non-hydrogen) atoms. The van der Waals surface area contributed by atoms with Crippen LogP contribution in [0, 0.1) is 10.1 Å². The molecule has 1 aliphatic rings. The van der Waals surface area contributed by atoms with Crippen molar-refractivity contribution in [3.8, 4) is 11.5 Å². The van der Waals surface area contributed by atoms with Gasteiger partial charge in [-0.1, -0.05) is 36.1 Å². The third-order valence-electron chi connectivity index (χ3n) is 3.82. The topological polar surface area (TPSA) is 116 Å². The highest BCUT2D eigenvalue weighted by Gasteiger charge is 2.34. The van der Waals surface area contributed by atoms with Crippen molar-refractivity contribution in [1.29, 1.82) is 0 Å². The molecule has 0 unspecified atom stereocenters. The van der Waals surface area contributed by atoms with E-state index in [4.69, 9.17) is 21.1 Å². The summed E-state index contributed by atoms with van der Waals surface area (Å²) in [6.07, 6.45) is 2.48. The Morgan fingerprint density at radius 1 is 1.20 bits per heavy atom. The highest BCUT2D eigenvalue weighted by molar-refractivity contribution is 8.27. The summed E-state index contributed by atoms with van der Waals surface area (Å²) < 4.78 is 33.0. The molecule has 0 aliphatic carbocycles. The molecule has 0 saturated carbocycles. The normalized spacial score (nSPS) is 15.5. The predicted octanol–water partition coefficient (Wildman–Crippen LogP) is 3.35. The van der Waals surface area contributed by atoms with Crippen molar-refractivity contribution in [1.82, 2.24) is 0 Å². The van der Waals surface area contributed by atoms with Gasteiger partial charge in [0.05, 0.1) is 28.9 Å². The van der Waals surface area contributed by atoms with E-state index >= 15 is 0 Å². The number of ether oxygens (including phenoxy) is 1. The zero-order valence-corrected chi connectivity index (χ0v) is 18.0. The SMILES string of the molecule is COc1cc(/C=C2\SC(=S)N(c3cccc([N+](=O)[O-])c3)C2=O)ccc1OS(C)(=O)=O. The van der Waals surface area contributed by atoms with Gasteiger partial charge >= 0.3 is 10.1 Å². The largest absolute Gasteiger partial charge is 0.493 e. The van der Waals surface area contributed by atoms with E-state index in [1.165, 1.54) is 42.3 Å². The molecule has 0 aromatic heterocycles. The van der Waals surface area contributed by atoms with E-state index < -0.39 is 20.9 Å². The number of methoxy groups -OCH3 is 1. The van der Waals surface area contributed by atoms with Crippen molar-refractivity contribution in [2.75, 3.05) is 18.3 Å². The molecule has 0 radical (unpaired) electrons. The number of hydrogen-bond acceptors (Lipinski definition) is 9. The van der Waals surface area contributed by atoms with Gasteiger partial charge in [0.1, 0.15) is 0 Å². The summed E-state index contributed by atoms with van der Waals surface area (Å²) >= 11 is 6.32. The van der Waals surface area contributed by atoms with Crippen LogP contribution in [0.25, 0.3) is 6.08 Å². The van der Waals surface area contributed by atoms with Crippen LogP contribution >= 0.6 is 24.0 Å². The molecule has 9 nitrogen and oxygen atoms in total. The maximum Gasteiger partial charge on any atom is 0.306 e. The molecule has 1 saturated heterocycles. The summed E-state index contributed by atoms with van der Waals surface area (Å²) in [5.41, 5.74) is 0.688. The summed E-state index contributed by atoms with van der Waals surface area (Å²) in [5.74, 6) is -0.245. The predicted molar refractivity (Wildman–Crippen MR) is 117 cm³/mol. The molecule has 0 atom stereocenters. The lowest BCUT2D eigenvalue weighted by molar-refractivity contribution is -0.384. The fourth-order valence-electron chi connectivity index (χ4n) is 2.59. The average Bonchev–Trinajstić information content (AvgIpc) is 2.95. The van der Waals surface area contributed by atoms with Crippen molar-refractivity contribution < 1.29 is 27.1 Å². The standard InChI is InChI=1S/C18H14N2O7S3/c1-26-15-8-11(6-7-14(15)27-30(2,24)25)9-16-17(21)19(18(28)29-16)12-4-3-5-13(10-12)20(22)23/h3-10H,1-2H3/b16-9-. The maximum atomic E-state index is 12.9. The minimum absolute atomic E-state index is 0.0151. The van der Waals surface area contributed by atoms with E-state index in [-0.39, 0.29) is 21.5 Å². The van der Waals surface area contributed by atoms with Crippen molar-refractivity contribution >= 4 is 61.8 Å². The number of thiocarbonyl (C=S) groups is 1. The first kappa shape index (κ1) is 21.7. The van der Waals surface area contributed by atoms with Crippen LogP contribution in [0.15, 0.2) is 47.4 Å². The van der Waals surface area contributed by atoms with Crippen LogP contribution in [0.1, 0.15) is 5.56 Å². The van der Waals surface area contributed by atoms with Crippen LogP contribution in [0.4, 0.5) is 11.4 Å². The molecule has 2 aromatic rings. The summed E-state index contributed by atoms with van der Waals surface area (Å²) in [4.78, 5) is 24.8. The van der Waals surface area contributed by atoms with Gasteiger partial charge in [0.25, 0.3) is 11.6 Å². The van der Waals surface area contributed by atoms with Gasteiger partial charge in [-0.05, 0) is 29.8 Å². The zero-order chi connectivity index (χ0) is 22.1. The Kier molecular flexibility index (Phi) is 6.10. The third kappa shape index (κ3) is 4.78. The van der Waals surface area contributed by atoms with Gasteiger partial charge in [-0.15, -0.1) is 0 Å². The number of nitrogens with zero attached hydrogens (tertiary/aromatic N) is 2. The molecule has 0 N–H and O–H groups in total. The van der Waals surface area contributed by atoms with E-state index in [0.717, 1.165) is 18.0 Å². The number of hydrogen-bond donors (Lipinski definition) is 0. The minimum Gasteiger partial charge on any atom is -0.493 e. The molecular weight excluding hydrogens is 452 g/mol. The second-order valence-electron chi connectivity index (χ2n) is 5.99. The maximum absolute atomic E-state index is 12.9.